The van der Waals surface area contributed by atoms with E-state index >= 15 is 0 Å². The van der Waals surface area contributed by atoms with Gasteiger partial charge in [0.15, 0.2) is 0 Å². The molecule has 1 fully saturated rings. The normalized spacial score (nSPS) is 24.3. The smallest absolute Gasteiger partial charge is 0.122 e. The van der Waals surface area contributed by atoms with Gasteiger partial charge in [0.1, 0.15) is 5.84 Å². The van der Waals surface area contributed by atoms with Crippen LogP contribution in [0.4, 0.5) is 0 Å². The first-order valence-corrected chi connectivity index (χ1v) is 6.78. The lowest BCUT2D eigenvalue weighted by molar-refractivity contribution is -0.00744. The Morgan fingerprint density at radius 2 is 2.11 bits per heavy atom. The van der Waals surface area contributed by atoms with Gasteiger partial charge in [-0.2, -0.15) is 0 Å². The van der Waals surface area contributed by atoms with E-state index in [2.05, 4.69) is 24.0 Å². The number of nitrogens with two attached hydrogens (primary N) is 1. The highest BCUT2D eigenvalue weighted by molar-refractivity contribution is 5.94. The van der Waals surface area contributed by atoms with Crippen LogP contribution in [0.1, 0.15) is 24.5 Å². The third kappa shape index (κ3) is 3.55. The van der Waals surface area contributed by atoms with Gasteiger partial charge in [-0.25, -0.2) is 0 Å². The predicted molar refractivity (Wildman–Crippen MR) is 77.3 cm³/mol. The van der Waals surface area contributed by atoms with E-state index in [0.29, 0.717) is 12.0 Å². The van der Waals surface area contributed by atoms with E-state index in [1.54, 1.807) is 7.11 Å². The second-order valence-corrected chi connectivity index (χ2v) is 5.39. The molecule has 4 heteroatoms. The van der Waals surface area contributed by atoms with Crippen molar-refractivity contribution in [3.8, 4) is 0 Å². The van der Waals surface area contributed by atoms with E-state index in [9.17, 15) is 0 Å². The van der Waals surface area contributed by atoms with Crippen molar-refractivity contribution in [1.82, 2.24) is 4.90 Å². The summed E-state index contributed by atoms with van der Waals surface area (Å²) in [5, 5.41) is 7.38. The minimum absolute atomic E-state index is 0.123. The number of piperidine rings is 1. The Morgan fingerprint density at radius 1 is 1.42 bits per heavy atom. The van der Waals surface area contributed by atoms with Crippen LogP contribution in [-0.4, -0.2) is 37.0 Å². The molecule has 2 rings (SSSR count). The Bertz CT molecular complexity index is 430. The third-order valence-electron chi connectivity index (χ3n) is 3.95. The van der Waals surface area contributed by atoms with Gasteiger partial charge in [0, 0.05) is 25.8 Å². The van der Waals surface area contributed by atoms with E-state index < -0.39 is 0 Å². The number of ether oxygens (including phenoxy) is 1. The number of benzene rings is 1. The first-order chi connectivity index (χ1) is 9.10. The van der Waals surface area contributed by atoms with Crippen LogP contribution >= 0.6 is 0 Å². The number of hydrogen-bond donors (Lipinski definition) is 2. The van der Waals surface area contributed by atoms with Crippen LogP contribution in [0.3, 0.4) is 0 Å². The summed E-state index contributed by atoms with van der Waals surface area (Å²) < 4.78 is 5.54. The number of nitrogen functional groups attached to an aromatic ring is 1. The zero-order chi connectivity index (χ0) is 13.8. The molecule has 2 atom stereocenters. The number of likely N-dealkylation sites (tertiary alicyclic amines) is 1. The molecule has 0 bridgehead atoms. The first kappa shape index (κ1) is 14.0. The lowest BCUT2D eigenvalue weighted by atomic mass is 9.95. The van der Waals surface area contributed by atoms with E-state index in [4.69, 9.17) is 15.9 Å². The minimum Gasteiger partial charge on any atom is -0.384 e. The number of methoxy groups -OCH3 is 1. The zero-order valence-corrected chi connectivity index (χ0v) is 11.7. The number of hydrogen-bond acceptors (Lipinski definition) is 3. The van der Waals surface area contributed by atoms with Crippen LogP contribution in [0.2, 0.25) is 0 Å². The van der Waals surface area contributed by atoms with Gasteiger partial charge < -0.3 is 10.5 Å². The van der Waals surface area contributed by atoms with Crippen LogP contribution in [0.15, 0.2) is 24.3 Å². The van der Waals surface area contributed by atoms with Crippen molar-refractivity contribution in [3.63, 3.8) is 0 Å². The van der Waals surface area contributed by atoms with E-state index in [0.717, 1.165) is 25.2 Å². The minimum atomic E-state index is 0.123. The molecule has 4 nitrogen and oxygen atoms in total. The summed E-state index contributed by atoms with van der Waals surface area (Å²) in [5.41, 5.74) is 7.50. The predicted octanol–water partition coefficient (Wildman–Crippen LogP) is 1.83. The lowest BCUT2D eigenvalue weighted by Gasteiger charge is -2.36. The Kier molecular flexibility index (Phi) is 4.56. The number of nitrogens with one attached hydrogen (secondary N) is 1. The van der Waals surface area contributed by atoms with Crippen LogP contribution in [0, 0.1) is 11.3 Å². The van der Waals surface area contributed by atoms with Gasteiger partial charge >= 0.3 is 0 Å². The number of nitrogens with zero attached hydrogens (tertiary/aromatic N) is 1. The quantitative estimate of drug-likeness (QED) is 0.642. The van der Waals surface area contributed by atoms with Gasteiger partial charge in [-0.05, 0) is 24.4 Å². The maximum Gasteiger partial charge on any atom is 0.122 e. The van der Waals surface area contributed by atoms with Crippen molar-refractivity contribution in [3.05, 3.63) is 35.4 Å². The molecule has 0 spiro atoms. The van der Waals surface area contributed by atoms with Crippen LogP contribution in [0.5, 0.6) is 0 Å². The molecule has 1 aliphatic heterocycles. The van der Waals surface area contributed by atoms with Crippen molar-refractivity contribution in [2.45, 2.75) is 26.0 Å². The molecule has 1 aromatic carbocycles. The summed E-state index contributed by atoms with van der Waals surface area (Å²) in [4.78, 5) is 2.43. The summed E-state index contributed by atoms with van der Waals surface area (Å²) in [7, 11) is 1.80. The van der Waals surface area contributed by atoms with Crippen molar-refractivity contribution in [2.24, 2.45) is 11.7 Å². The van der Waals surface area contributed by atoms with Crippen molar-refractivity contribution < 1.29 is 4.74 Å². The number of amidine groups is 1. The van der Waals surface area contributed by atoms with Crippen molar-refractivity contribution in [1.29, 1.82) is 5.41 Å². The van der Waals surface area contributed by atoms with E-state index in [-0.39, 0.29) is 5.84 Å². The molecule has 2 unspecified atom stereocenters. The second-order valence-electron chi connectivity index (χ2n) is 5.39. The summed E-state index contributed by atoms with van der Waals surface area (Å²) in [6.45, 7) is 5.31. The van der Waals surface area contributed by atoms with Crippen LogP contribution < -0.4 is 5.73 Å². The molecule has 0 amide bonds. The van der Waals surface area contributed by atoms with Gasteiger partial charge in [0.2, 0.25) is 0 Å². The molecule has 0 aliphatic carbocycles. The van der Waals surface area contributed by atoms with Crippen molar-refractivity contribution >= 4 is 5.84 Å². The Labute approximate surface area is 115 Å². The summed E-state index contributed by atoms with van der Waals surface area (Å²) in [6.07, 6.45) is 1.52. The van der Waals surface area contributed by atoms with Gasteiger partial charge in [-0.15, -0.1) is 0 Å². The van der Waals surface area contributed by atoms with E-state index in [1.165, 1.54) is 12.0 Å². The highest BCUT2D eigenvalue weighted by Gasteiger charge is 2.25. The van der Waals surface area contributed by atoms with Gasteiger partial charge in [-0.1, -0.05) is 31.2 Å². The molecule has 0 saturated carbocycles. The molecule has 19 heavy (non-hydrogen) atoms. The summed E-state index contributed by atoms with van der Waals surface area (Å²) in [5.74, 6) is 0.763. The highest BCUT2D eigenvalue weighted by Crippen LogP contribution is 2.21. The highest BCUT2D eigenvalue weighted by atomic mass is 16.5. The molecule has 1 aromatic rings. The van der Waals surface area contributed by atoms with Gasteiger partial charge in [0.05, 0.1) is 6.10 Å². The van der Waals surface area contributed by atoms with Gasteiger partial charge in [-0.3, -0.25) is 10.3 Å². The molecule has 0 aromatic heterocycles. The van der Waals surface area contributed by atoms with Gasteiger partial charge in [0.25, 0.3) is 0 Å². The van der Waals surface area contributed by atoms with Crippen LogP contribution in [-0.2, 0) is 11.3 Å². The monoisotopic (exact) mass is 261 g/mol. The third-order valence-corrected chi connectivity index (χ3v) is 3.95. The molecule has 3 N–H and O–H groups in total. The second kappa shape index (κ2) is 6.17. The van der Waals surface area contributed by atoms with E-state index in [1.807, 2.05) is 12.1 Å². The molecule has 0 radical (unpaired) electrons. The maximum absolute atomic E-state index is 7.38. The summed E-state index contributed by atoms with van der Waals surface area (Å²) >= 11 is 0. The fourth-order valence-corrected chi connectivity index (χ4v) is 2.60. The molecule has 1 heterocycles. The first-order valence-electron chi connectivity index (χ1n) is 6.78. The fraction of sp³-hybridized carbons (Fsp3) is 0.533. The molecule has 1 aliphatic rings. The average molecular weight is 261 g/mol. The zero-order valence-electron chi connectivity index (χ0n) is 11.7. The largest absolute Gasteiger partial charge is 0.384 e. The fourth-order valence-electron chi connectivity index (χ4n) is 2.60. The van der Waals surface area contributed by atoms with Crippen LogP contribution in [0.25, 0.3) is 0 Å². The molecular formula is C15H23N3O. The molecule has 104 valence electrons. The van der Waals surface area contributed by atoms with Crippen molar-refractivity contribution in [2.75, 3.05) is 20.2 Å². The molecule has 1 saturated heterocycles. The Hall–Kier alpha value is -1.39. The number of rotatable bonds is 4. The summed E-state index contributed by atoms with van der Waals surface area (Å²) in [6, 6.07) is 7.93. The maximum atomic E-state index is 7.38. The Balaban J connectivity index is 1.95. The Morgan fingerprint density at radius 3 is 2.68 bits per heavy atom. The topological polar surface area (TPSA) is 62.3 Å². The standard InChI is InChI=1S/C15H23N3O/c1-11-7-8-18(10-14(11)19-2)9-12-3-5-13(6-4-12)15(16)17/h3-6,11,14H,7-10H2,1-2H3,(H3,16,17). The lowest BCUT2D eigenvalue weighted by Crippen LogP contribution is -2.43. The molecular weight excluding hydrogens is 238 g/mol. The average Bonchev–Trinajstić information content (AvgIpc) is 2.41. The SMILES string of the molecule is COC1CN(Cc2ccc(C(=N)N)cc2)CCC1C.